The number of sulfonamides is 1. The summed E-state index contributed by atoms with van der Waals surface area (Å²) in [7, 11) is -3.66. The van der Waals surface area contributed by atoms with Gasteiger partial charge in [0.05, 0.1) is 10.9 Å². The molecule has 0 unspecified atom stereocenters. The largest absolute Gasteiger partial charge is 0.545 e. The van der Waals surface area contributed by atoms with Crippen molar-refractivity contribution in [3.8, 4) is 0 Å². The van der Waals surface area contributed by atoms with E-state index < -0.39 is 16.0 Å². The number of benzene rings is 1. The van der Waals surface area contributed by atoms with Gasteiger partial charge in [-0.25, -0.2) is 13.1 Å². The van der Waals surface area contributed by atoms with E-state index in [1.54, 1.807) is 13.8 Å². The molecule has 0 aromatic heterocycles. The van der Waals surface area contributed by atoms with Gasteiger partial charge in [0.2, 0.25) is 10.0 Å². The minimum atomic E-state index is -3.66. The summed E-state index contributed by atoms with van der Waals surface area (Å²) < 4.78 is 25.7. The van der Waals surface area contributed by atoms with Gasteiger partial charge in [-0.2, -0.15) is 0 Å². The Morgan fingerprint density at radius 3 is 2.50 bits per heavy atom. The molecule has 1 rings (SSSR count). The molecule has 0 aliphatic heterocycles. The van der Waals surface area contributed by atoms with E-state index in [2.05, 4.69) is 4.72 Å². The molecule has 0 saturated carbocycles. The maximum absolute atomic E-state index is 11.7. The molecule has 0 amide bonds. The lowest BCUT2D eigenvalue weighted by atomic mass is 10.2. The van der Waals surface area contributed by atoms with Crippen molar-refractivity contribution in [1.29, 1.82) is 0 Å². The van der Waals surface area contributed by atoms with Gasteiger partial charge in [-0.15, -0.1) is 0 Å². The number of nitrogens with one attached hydrogen (secondary N) is 1. The van der Waals surface area contributed by atoms with Crippen LogP contribution in [0.2, 0.25) is 0 Å². The SMILES string of the molecule is CC(C)NS(=O)(=O)c1cccc(C(=O)[O-])c1. The van der Waals surface area contributed by atoms with E-state index in [1.165, 1.54) is 18.2 Å². The van der Waals surface area contributed by atoms with Gasteiger partial charge >= 0.3 is 0 Å². The van der Waals surface area contributed by atoms with E-state index in [0.29, 0.717) is 0 Å². The molecule has 0 radical (unpaired) electrons. The summed E-state index contributed by atoms with van der Waals surface area (Å²) in [4.78, 5) is 10.5. The molecule has 88 valence electrons. The summed E-state index contributed by atoms with van der Waals surface area (Å²) in [6.45, 7) is 3.36. The second-order valence-electron chi connectivity index (χ2n) is 3.59. The third kappa shape index (κ3) is 3.04. The van der Waals surface area contributed by atoms with Crippen molar-refractivity contribution in [3.05, 3.63) is 29.8 Å². The first-order chi connectivity index (χ1) is 7.33. The van der Waals surface area contributed by atoms with Crippen LogP contribution in [0.25, 0.3) is 0 Å². The smallest absolute Gasteiger partial charge is 0.240 e. The molecule has 0 spiro atoms. The Balaban J connectivity index is 3.14. The Kier molecular flexibility index (Phi) is 3.66. The average Bonchev–Trinajstić information content (AvgIpc) is 2.16. The van der Waals surface area contributed by atoms with E-state index in [0.717, 1.165) is 6.07 Å². The number of carbonyl (C=O) groups is 1. The molecule has 0 aliphatic carbocycles. The molecule has 1 N–H and O–H groups in total. The molecular weight excluding hydrogens is 230 g/mol. The molecule has 0 atom stereocenters. The summed E-state index contributed by atoms with van der Waals surface area (Å²) in [5.74, 6) is -1.40. The maximum Gasteiger partial charge on any atom is 0.240 e. The summed E-state index contributed by atoms with van der Waals surface area (Å²) in [5, 5.41) is 10.6. The van der Waals surface area contributed by atoms with Crippen molar-refractivity contribution >= 4 is 16.0 Å². The van der Waals surface area contributed by atoms with E-state index >= 15 is 0 Å². The van der Waals surface area contributed by atoms with E-state index in [1.807, 2.05) is 0 Å². The Hall–Kier alpha value is -1.40. The third-order valence-corrected chi connectivity index (χ3v) is 3.43. The highest BCUT2D eigenvalue weighted by molar-refractivity contribution is 7.89. The minimum absolute atomic E-state index is 0.0806. The van der Waals surface area contributed by atoms with Crippen LogP contribution in [0.15, 0.2) is 29.2 Å². The Labute approximate surface area is 94.2 Å². The monoisotopic (exact) mass is 242 g/mol. The van der Waals surface area contributed by atoms with Gasteiger partial charge in [0.1, 0.15) is 0 Å². The quantitative estimate of drug-likeness (QED) is 0.788. The normalized spacial score (nSPS) is 11.7. The first-order valence-corrected chi connectivity index (χ1v) is 6.15. The summed E-state index contributed by atoms with van der Waals surface area (Å²) in [6.07, 6.45) is 0. The minimum Gasteiger partial charge on any atom is -0.545 e. The van der Waals surface area contributed by atoms with E-state index in [4.69, 9.17) is 0 Å². The van der Waals surface area contributed by atoms with E-state index in [-0.39, 0.29) is 16.5 Å². The van der Waals surface area contributed by atoms with Crippen molar-refractivity contribution in [2.45, 2.75) is 24.8 Å². The fourth-order valence-corrected chi connectivity index (χ4v) is 2.47. The Morgan fingerprint density at radius 2 is 2.00 bits per heavy atom. The fraction of sp³-hybridized carbons (Fsp3) is 0.300. The highest BCUT2D eigenvalue weighted by Gasteiger charge is 2.15. The van der Waals surface area contributed by atoms with Crippen LogP contribution in [0.1, 0.15) is 24.2 Å². The highest BCUT2D eigenvalue weighted by Crippen LogP contribution is 2.11. The van der Waals surface area contributed by atoms with Crippen molar-refractivity contribution < 1.29 is 18.3 Å². The first kappa shape index (κ1) is 12.7. The van der Waals surface area contributed by atoms with Crippen LogP contribution in [-0.4, -0.2) is 20.4 Å². The number of aromatic carboxylic acids is 1. The number of carbonyl (C=O) groups excluding carboxylic acids is 1. The van der Waals surface area contributed by atoms with Crippen LogP contribution in [0.5, 0.6) is 0 Å². The molecule has 0 aliphatic rings. The second kappa shape index (κ2) is 4.63. The van der Waals surface area contributed by atoms with Gasteiger partial charge in [0.15, 0.2) is 0 Å². The average molecular weight is 242 g/mol. The predicted octanol–water partition coefficient (Wildman–Crippen LogP) is -0.263. The topological polar surface area (TPSA) is 86.3 Å². The van der Waals surface area contributed by atoms with Crippen molar-refractivity contribution in [1.82, 2.24) is 4.72 Å². The maximum atomic E-state index is 11.7. The zero-order valence-corrected chi connectivity index (χ0v) is 9.74. The van der Waals surface area contributed by atoms with Crippen molar-refractivity contribution in [3.63, 3.8) is 0 Å². The highest BCUT2D eigenvalue weighted by atomic mass is 32.2. The molecule has 0 saturated heterocycles. The summed E-state index contributed by atoms with van der Waals surface area (Å²) >= 11 is 0. The third-order valence-electron chi connectivity index (χ3n) is 1.77. The summed E-state index contributed by atoms with van der Waals surface area (Å²) in [6, 6.07) is 4.79. The second-order valence-corrected chi connectivity index (χ2v) is 5.31. The van der Waals surface area contributed by atoms with Gasteiger partial charge < -0.3 is 9.90 Å². The first-order valence-electron chi connectivity index (χ1n) is 4.66. The standard InChI is InChI=1S/C10H13NO4S/c1-7(2)11-16(14,15)9-5-3-4-8(6-9)10(12)13/h3-7,11H,1-2H3,(H,12,13)/p-1. The zero-order valence-electron chi connectivity index (χ0n) is 8.93. The zero-order chi connectivity index (χ0) is 12.3. The lowest BCUT2D eigenvalue weighted by Gasteiger charge is -2.10. The number of carboxylic acids is 1. The lowest BCUT2D eigenvalue weighted by Crippen LogP contribution is -2.30. The Morgan fingerprint density at radius 1 is 1.38 bits per heavy atom. The molecule has 16 heavy (non-hydrogen) atoms. The molecule has 1 aromatic rings. The van der Waals surface area contributed by atoms with Gasteiger partial charge in [-0.05, 0) is 31.5 Å². The van der Waals surface area contributed by atoms with E-state index in [9.17, 15) is 18.3 Å². The van der Waals surface area contributed by atoms with Crippen LogP contribution in [0.4, 0.5) is 0 Å². The number of hydrogen-bond acceptors (Lipinski definition) is 4. The molecule has 6 heteroatoms. The number of carboxylic acid groups (broad SMARTS) is 1. The summed E-state index contributed by atoms with van der Waals surface area (Å²) in [5.41, 5.74) is -0.161. The predicted molar refractivity (Wildman–Crippen MR) is 56.2 cm³/mol. The number of hydrogen-bond donors (Lipinski definition) is 1. The van der Waals surface area contributed by atoms with Gasteiger partial charge in [-0.1, -0.05) is 12.1 Å². The lowest BCUT2D eigenvalue weighted by molar-refractivity contribution is -0.255. The molecule has 0 bridgehead atoms. The van der Waals surface area contributed by atoms with Crippen LogP contribution < -0.4 is 9.83 Å². The molecule has 1 aromatic carbocycles. The van der Waals surface area contributed by atoms with Gasteiger partial charge in [0.25, 0.3) is 0 Å². The number of rotatable bonds is 4. The molecule has 0 heterocycles. The molecule has 5 nitrogen and oxygen atoms in total. The van der Waals surface area contributed by atoms with Crippen molar-refractivity contribution in [2.75, 3.05) is 0 Å². The van der Waals surface area contributed by atoms with Crippen LogP contribution in [-0.2, 0) is 10.0 Å². The van der Waals surface area contributed by atoms with Crippen LogP contribution in [0.3, 0.4) is 0 Å². The molecule has 0 fully saturated rings. The van der Waals surface area contributed by atoms with Crippen LogP contribution in [0, 0.1) is 0 Å². The Bertz CT molecular complexity index is 493. The van der Waals surface area contributed by atoms with Crippen LogP contribution >= 0.6 is 0 Å². The van der Waals surface area contributed by atoms with Gasteiger partial charge in [0, 0.05) is 6.04 Å². The van der Waals surface area contributed by atoms with Gasteiger partial charge in [-0.3, -0.25) is 0 Å². The van der Waals surface area contributed by atoms with Crippen molar-refractivity contribution in [2.24, 2.45) is 0 Å². The fourth-order valence-electron chi connectivity index (χ4n) is 1.17. The molecular formula is C10H12NO4S-.